The van der Waals surface area contributed by atoms with Crippen molar-refractivity contribution in [3.63, 3.8) is 0 Å². The molecule has 0 saturated carbocycles. The molecule has 0 unspecified atom stereocenters. The van der Waals surface area contributed by atoms with Crippen molar-refractivity contribution in [2.45, 2.75) is 0 Å². The maximum absolute atomic E-state index is 15.6. The number of carboxylic acid groups (broad SMARTS) is 1. The topological polar surface area (TPSA) is 94.8 Å². The number of benzene rings is 2. The Morgan fingerprint density at radius 1 is 1.10 bits per heavy atom. The molecule has 2 aromatic carbocycles. The van der Waals surface area contributed by atoms with E-state index in [0.717, 1.165) is 10.6 Å². The lowest BCUT2D eigenvalue weighted by atomic mass is 10.1. The number of fused-ring (bicyclic) bond motifs is 1. The van der Waals surface area contributed by atoms with Crippen LogP contribution in [0.25, 0.3) is 16.6 Å². The first-order valence-corrected chi connectivity index (χ1v) is 8.96. The van der Waals surface area contributed by atoms with Crippen molar-refractivity contribution >= 4 is 22.6 Å². The second kappa shape index (κ2) is 7.17. The van der Waals surface area contributed by atoms with Crippen molar-refractivity contribution in [3.05, 3.63) is 63.8 Å². The normalized spacial score (nSPS) is 14.3. The van der Waals surface area contributed by atoms with Gasteiger partial charge in [0.15, 0.2) is 11.4 Å². The number of aromatic carboxylic acids is 1. The lowest BCUT2D eigenvalue weighted by Crippen LogP contribution is -2.44. The van der Waals surface area contributed by atoms with E-state index in [4.69, 9.17) is 0 Å². The van der Waals surface area contributed by atoms with E-state index in [1.807, 2.05) is 0 Å². The highest BCUT2D eigenvalue weighted by atomic mass is 19.1. The average molecular weight is 401 g/mol. The molecule has 1 aliphatic rings. The lowest BCUT2D eigenvalue weighted by Gasteiger charge is -2.30. The molecule has 1 saturated heterocycles. The van der Waals surface area contributed by atoms with Crippen LogP contribution in [0.4, 0.5) is 14.5 Å². The van der Waals surface area contributed by atoms with Gasteiger partial charge >= 0.3 is 5.97 Å². The minimum absolute atomic E-state index is 0.231. The third kappa shape index (κ3) is 2.99. The van der Waals surface area contributed by atoms with Gasteiger partial charge in [0.1, 0.15) is 11.5 Å². The number of carbonyl (C=O) groups is 1. The summed E-state index contributed by atoms with van der Waals surface area (Å²) in [7, 11) is 0. The molecule has 9 heteroatoms. The molecule has 0 spiro atoms. The number of rotatable bonds is 3. The fourth-order valence-corrected chi connectivity index (χ4v) is 3.64. The Balaban J connectivity index is 2.15. The highest BCUT2D eigenvalue weighted by Gasteiger charge is 2.29. The molecule has 0 aliphatic carbocycles. The molecule has 150 valence electrons. The number of carboxylic acids is 1. The second-order valence-electron chi connectivity index (χ2n) is 6.66. The Bertz CT molecular complexity index is 1170. The maximum Gasteiger partial charge on any atom is 0.345 e. The van der Waals surface area contributed by atoms with Crippen molar-refractivity contribution in [2.75, 3.05) is 31.1 Å². The van der Waals surface area contributed by atoms with Crippen LogP contribution in [0.5, 0.6) is 5.88 Å². The zero-order valence-corrected chi connectivity index (χ0v) is 15.2. The summed E-state index contributed by atoms with van der Waals surface area (Å²) < 4.78 is 31.4. The number of piperazine rings is 1. The molecule has 1 aliphatic heterocycles. The van der Waals surface area contributed by atoms with Crippen LogP contribution >= 0.6 is 0 Å². The molecule has 2 heterocycles. The van der Waals surface area contributed by atoms with E-state index in [2.05, 4.69) is 5.32 Å². The maximum atomic E-state index is 15.6. The van der Waals surface area contributed by atoms with E-state index < -0.39 is 39.9 Å². The summed E-state index contributed by atoms with van der Waals surface area (Å²) in [6.07, 6.45) is 0. The summed E-state index contributed by atoms with van der Waals surface area (Å²) in [4.78, 5) is 25.7. The first-order chi connectivity index (χ1) is 13.9. The quantitative estimate of drug-likeness (QED) is 0.622. The molecule has 0 atom stereocenters. The van der Waals surface area contributed by atoms with Crippen LogP contribution in [0.1, 0.15) is 10.4 Å². The van der Waals surface area contributed by atoms with Crippen LogP contribution in [0.2, 0.25) is 0 Å². The molecular formula is C20H17F2N3O4. The number of nitrogens with zero attached hydrogens (tertiary/aromatic N) is 2. The fourth-order valence-electron chi connectivity index (χ4n) is 3.64. The second-order valence-corrected chi connectivity index (χ2v) is 6.66. The third-order valence-electron chi connectivity index (χ3n) is 4.96. The summed E-state index contributed by atoms with van der Waals surface area (Å²) in [5.41, 5.74) is -2.56. The largest absolute Gasteiger partial charge is 0.493 e. The first-order valence-electron chi connectivity index (χ1n) is 8.96. The van der Waals surface area contributed by atoms with Gasteiger partial charge in [0.05, 0.1) is 10.9 Å². The van der Waals surface area contributed by atoms with Crippen LogP contribution < -0.4 is 15.6 Å². The van der Waals surface area contributed by atoms with Crippen LogP contribution in [-0.2, 0) is 0 Å². The molecular weight excluding hydrogens is 384 g/mol. The van der Waals surface area contributed by atoms with Gasteiger partial charge in [-0.05, 0) is 18.2 Å². The first kappa shape index (κ1) is 18.9. The number of aromatic hydroxyl groups is 1. The molecule has 3 aromatic rings. The van der Waals surface area contributed by atoms with E-state index in [0.29, 0.717) is 26.2 Å². The predicted octanol–water partition coefficient (Wildman–Crippen LogP) is 2.08. The number of halogens is 2. The van der Waals surface area contributed by atoms with Crippen LogP contribution in [0, 0.1) is 11.6 Å². The number of hydrogen-bond acceptors (Lipinski definition) is 5. The van der Waals surface area contributed by atoms with Crippen LogP contribution in [0.3, 0.4) is 0 Å². The zero-order chi connectivity index (χ0) is 20.7. The van der Waals surface area contributed by atoms with Crippen molar-refractivity contribution in [1.29, 1.82) is 0 Å². The molecule has 0 radical (unpaired) electrons. The van der Waals surface area contributed by atoms with Gasteiger partial charge in [0.2, 0.25) is 11.3 Å². The van der Waals surface area contributed by atoms with E-state index in [1.165, 1.54) is 17.0 Å². The van der Waals surface area contributed by atoms with Gasteiger partial charge in [-0.25, -0.2) is 13.6 Å². The molecule has 0 amide bonds. The van der Waals surface area contributed by atoms with Gasteiger partial charge in [-0.3, -0.25) is 9.36 Å². The highest BCUT2D eigenvalue weighted by Crippen LogP contribution is 2.34. The van der Waals surface area contributed by atoms with Crippen molar-refractivity contribution in [2.24, 2.45) is 0 Å². The van der Waals surface area contributed by atoms with E-state index in [9.17, 15) is 24.2 Å². The number of aromatic nitrogens is 1. The Morgan fingerprint density at radius 3 is 2.38 bits per heavy atom. The SMILES string of the molecule is O=C(O)c1c(O)n(-c2ccccc2)c2c(F)c(N3CCNCC3)c(F)cc2c1=O. The summed E-state index contributed by atoms with van der Waals surface area (Å²) in [5.74, 6) is -4.60. The number of nitrogens with one attached hydrogen (secondary N) is 1. The van der Waals surface area contributed by atoms with Crippen LogP contribution in [-0.4, -0.2) is 46.9 Å². The lowest BCUT2D eigenvalue weighted by molar-refractivity contribution is 0.0691. The Morgan fingerprint density at radius 2 is 1.76 bits per heavy atom. The summed E-state index contributed by atoms with van der Waals surface area (Å²) >= 11 is 0. The molecule has 4 rings (SSSR count). The van der Waals surface area contributed by atoms with Gasteiger partial charge in [0, 0.05) is 31.9 Å². The summed E-state index contributed by atoms with van der Waals surface area (Å²) in [6.45, 7) is 1.78. The molecule has 7 nitrogen and oxygen atoms in total. The monoisotopic (exact) mass is 401 g/mol. The van der Waals surface area contributed by atoms with Gasteiger partial charge in [-0.2, -0.15) is 0 Å². The highest BCUT2D eigenvalue weighted by molar-refractivity contribution is 5.97. The predicted molar refractivity (Wildman–Crippen MR) is 103 cm³/mol. The molecule has 1 fully saturated rings. The van der Waals surface area contributed by atoms with Gasteiger partial charge in [0.25, 0.3) is 0 Å². The van der Waals surface area contributed by atoms with Gasteiger partial charge in [-0.1, -0.05) is 18.2 Å². The van der Waals surface area contributed by atoms with Gasteiger partial charge < -0.3 is 20.4 Å². The molecule has 0 bridgehead atoms. The van der Waals surface area contributed by atoms with Gasteiger partial charge in [-0.15, -0.1) is 0 Å². The number of anilines is 1. The number of para-hydroxylation sites is 1. The van der Waals surface area contributed by atoms with Crippen molar-refractivity contribution < 1.29 is 23.8 Å². The standard InChI is InChI=1S/C20H17F2N3O4/c21-13-10-12-16(15(22)17(13)24-8-6-23-7-9-24)25(11-4-2-1-3-5-11)19(27)14(18(12)26)20(28)29/h1-5,10,23,27H,6-9H2,(H,28,29). The Hall–Kier alpha value is -3.46. The number of pyridine rings is 1. The van der Waals surface area contributed by atoms with E-state index in [-0.39, 0.29) is 16.9 Å². The van der Waals surface area contributed by atoms with Crippen molar-refractivity contribution in [1.82, 2.24) is 9.88 Å². The van der Waals surface area contributed by atoms with E-state index in [1.54, 1.807) is 18.2 Å². The fraction of sp³-hybridized carbons (Fsp3) is 0.200. The smallest absolute Gasteiger partial charge is 0.345 e. The van der Waals surface area contributed by atoms with E-state index >= 15 is 4.39 Å². The minimum atomic E-state index is -1.69. The Labute approximate surface area is 163 Å². The van der Waals surface area contributed by atoms with Crippen LogP contribution in [0.15, 0.2) is 41.2 Å². The molecule has 1 aromatic heterocycles. The summed E-state index contributed by atoms with van der Waals surface area (Å²) in [5, 5.41) is 22.6. The minimum Gasteiger partial charge on any atom is -0.493 e. The average Bonchev–Trinajstić information content (AvgIpc) is 2.70. The third-order valence-corrected chi connectivity index (χ3v) is 4.96. The number of hydrogen-bond donors (Lipinski definition) is 3. The molecule has 3 N–H and O–H groups in total. The molecule has 29 heavy (non-hydrogen) atoms. The Kier molecular flexibility index (Phi) is 4.67. The van der Waals surface area contributed by atoms with Crippen molar-refractivity contribution in [3.8, 4) is 11.6 Å². The summed E-state index contributed by atoms with van der Waals surface area (Å²) in [6, 6.07) is 8.77. The zero-order valence-electron chi connectivity index (χ0n) is 15.2.